The highest BCUT2D eigenvalue weighted by Gasteiger charge is 2.26. The van der Waals surface area contributed by atoms with E-state index in [9.17, 15) is 14.4 Å². The summed E-state index contributed by atoms with van der Waals surface area (Å²) in [6.45, 7) is 1.05. The number of carboxylic acid groups (broad SMARTS) is 1. The number of carbonyl (C=O) groups is 3. The number of carbonyl (C=O) groups excluding carboxylic acids is 2. The van der Waals surface area contributed by atoms with Crippen LogP contribution < -0.4 is 4.90 Å². The van der Waals surface area contributed by atoms with Crippen LogP contribution in [0.4, 0.5) is 5.69 Å². The minimum absolute atomic E-state index is 0.115. The lowest BCUT2D eigenvalue weighted by Gasteiger charge is -2.27. The number of thioether (sulfide) groups is 1. The molecule has 0 saturated carbocycles. The molecule has 0 saturated heterocycles. The van der Waals surface area contributed by atoms with E-state index in [2.05, 4.69) is 0 Å². The number of fused-ring (bicyclic) bond motifs is 1. The molecule has 5 nitrogen and oxygen atoms in total. The van der Waals surface area contributed by atoms with E-state index in [4.69, 9.17) is 5.11 Å². The molecule has 0 fully saturated rings. The molecule has 1 amide bonds. The minimum Gasteiger partial charge on any atom is -0.480 e. The van der Waals surface area contributed by atoms with Gasteiger partial charge in [-0.3, -0.25) is 19.3 Å². The predicted octanol–water partition coefficient (Wildman–Crippen LogP) is 1.41. The maximum Gasteiger partial charge on any atom is 0.323 e. The first-order chi connectivity index (χ1) is 8.49. The molecular weight excluding hydrogens is 254 g/mol. The van der Waals surface area contributed by atoms with Crippen LogP contribution >= 0.6 is 11.8 Å². The van der Waals surface area contributed by atoms with Gasteiger partial charge in [-0.15, -0.1) is 11.8 Å². The van der Waals surface area contributed by atoms with Crippen molar-refractivity contribution >= 4 is 35.1 Å². The van der Waals surface area contributed by atoms with Crippen molar-refractivity contribution in [1.82, 2.24) is 0 Å². The average Bonchev–Trinajstić information content (AvgIpc) is 2.31. The first-order valence-electron chi connectivity index (χ1n) is 5.29. The summed E-state index contributed by atoms with van der Waals surface area (Å²) in [5.74, 6) is -1.22. The van der Waals surface area contributed by atoms with Crippen LogP contribution in [0.15, 0.2) is 23.1 Å². The molecule has 1 aromatic rings. The first kappa shape index (κ1) is 12.6. The van der Waals surface area contributed by atoms with Gasteiger partial charge >= 0.3 is 5.97 Å². The molecule has 1 aromatic carbocycles. The Labute approximate surface area is 108 Å². The number of Topliss-reactive ketones (excluding diaryl/α,β-unsaturated/α-hetero) is 1. The van der Waals surface area contributed by atoms with Crippen LogP contribution in [-0.4, -0.2) is 35.1 Å². The van der Waals surface area contributed by atoms with Gasteiger partial charge in [0.25, 0.3) is 0 Å². The second kappa shape index (κ2) is 4.81. The Morgan fingerprint density at radius 3 is 2.78 bits per heavy atom. The van der Waals surface area contributed by atoms with Gasteiger partial charge in [0.15, 0.2) is 5.78 Å². The van der Waals surface area contributed by atoms with Gasteiger partial charge in [-0.05, 0) is 19.1 Å². The zero-order chi connectivity index (χ0) is 13.3. The summed E-state index contributed by atoms with van der Waals surface area (Å²) in [7, 11) is 0. The molecule has 1 aliphatic rings. The summed E-state index contributed by atoms with van der Waals surface area (Å²) in [4.78, 5) is 35.8. The molecule has 2 rings (SSSR count). The number of aliphatic carboxylic acids is 1. The maximum atomic E-state index is 11.7. The number of hydrogen-bond donors (Lipinski definition) is 1. The number of amides is 1. The fraction of sp³-hybridized carbons (Fsp3) is 0.250. The van der Waals surface area contributed by atoms with Crippen LogP contribution in [0.2, 0.25) is 0 Å². The first-order valence-corrected chi connectivity index (χ1v) is 6.27. The average molecular weight is 265 g/mol. The zero-order valence-electron chi connectivity index (χ0n) is 9.67. The highest BCUT2D eigenvalue weighted by Crippen LogP contribution is 2.35. The van der Waals surface area contributed by atoms with Crippen molar-refractivity contribution in [3.8, 4) is 0 Å². The largest absolute Gasteiger partial charge is 0.480 e. The molecule has 0 spiro atoms. The van der Waals surface area contributed by atoms with Crippen LogP contribution in [0.25, 0.3) is 0 Å². The van der Waals surface area contributed by atoms with Crippen molar-refractivity contribution in [3.63, 3.8) is 0 Å². The summed E-state index contributed by atoms with van der Waals surface area (Å²) < 4.78 is 0. The van der Waals surface area contributed by atoms with Crippen LogP contribution in [0.1, 0.15) is 17.3 Å². The zero-order valence-corrected chi connectivity index (χ0v) is 10.5. The molecule has 0 radical (unpaired) electrons. The van der Waals surface area contributed by atoms with Crippen LogP contribution in [0, 0.1) is 0 Å². The normalized spacial score (nSPS) is 14.3. The fourth-order valence-corrected chi connectivity index (χ4v) is 2.65. The summed E-state index contributed by atoms with van der Waals surface area (Å²) in [6.07, 6.45) is 0. The Hall–Kier alpha value is -1.82. The molecule has 94 valence electrons. The maximum absolute atomic E-state index is 11.7. The van der Waals surface area contributed by atoms with E-state index in [0.29, 0.717) is 11.3 Å². The topological polar surface area (TPSA) is 74.7 Å². The van der Waals surface area contributed by atoms with Crippen LogP contribution in [-0.2, 0) is 9.59 Å². The summed E-state index contributed by atoms with van der Waals surface area (Å²) in [6, 6.07) is 5.01. The Kier molecular flexibility index (Phi) is 3.38. The van der Waals surface area contributed by atoms with E-state index in [-0.39, 0.29) is 24.0 Å². The second-order valence-electron chi connectivity index (χ2n) is 3.90. The number of hydrogen-bond acceptors (Lipinski definition) is 4. The number of ketones is 1. The van der Waals surface area contributed by atoms with E-state index in [0.717, 1.165) is 4.90 Å². The Morgan fingerprint density at radius 2 is 2.17 bits per heavy atom. The van der Waals surface area contributed by atoms with E-state index in [1.165, 1.54) is 23.6 Å². The van der Waals surface area contributed by atoms with Gasteiger partial charge in [0, 0.05) is 10.5 Å². The van der Waals surface area contributed by atoms with Crippen molar-refractivity contribution in [1.29, 1.82) is 0 Å². The third kappa shape index (κ3) is 2.38. The standard InChI is InChI=1S/C12H11NO4S/c1-7(14)8-2-3-10-9(4-8)13(5-12(16)17)11(15)6-18-10/h2-4H,5-6H2,1H3,(H,16,17). The number of anilines is 1. The third-order valence-corrected chi connectivity index (χ3v) is 3.65. The molecule has 0 unspecified atom stereocenters. The number of rotatable bonds is 3. The molecule has 1 aliphatic heterocycles. The molecule has 6 heteroatoms. The molecular formula is C12H11NO4S. The SMILES string of the molecule is CC(=O)c1ccc2c(c1)N(CC(=O)O)C(=O)CS2. The van der Waals surface area contributed by atoms with Crippen molar-refractivity contribution in [2.45, 2.75) is 11.8 Å². The minimum atomic E-state index is -1.07. The lowest BCUT2D eigenvalue weighted by Crippen LogP contribution is -2.39. The van der Waals surface area contributed by atoms with Crippen LogP contribution in [0.5, 0.6) is 0 Å². The van der Waals surface area contributed by atoms with E-state index in [1.807, 2.05) is 0 Å². The summed E-state index contributed by atoms with van der Waals surface area (Å²) >= 11 is 1.35. The Morgan fingerprint density at radius 1 is 1.44 bits per heavy atom. The van der Waals surface area contributed by atoms with Crippen molar-refractivity contribution in [2.75, 3.05) is 17.2 Å². The van der Waals surface area contributed by atoms with Gasteiger partial charge in [0.2, 0.25) is 5.91 Å². The quantitative estimate of drug-likeness (QED) is 0.836. The smallest absolute Gasteiger partial charge is 0.323 e. The number of carboxylic acids is 1. The molecule has 0 atom stereocenters. The van der Waals surface area contributed by atoms with Crippen LogP contribution in [0.3, 0.4) is 0 Å². The molecule has 1 N–H and O–H groups in total. The third-order valence-electron chi connectivity index (χ3n) is 2.60. The lowest BCUT2D eigenvalue weighted by molar-refractivity contribution is -0.136. The molecule has 0 aromatic heterocycles. The van der Waals surface area contributed by atoms with E-state index < -0.39 is 5.97 Å². The molecule has 0 bridgehead atoms. The van der Waals surface area contributed by atoms with Gasteiger partial charge < -0.3 is 5.11 Å². The number of benzene rings is 1. The highest BCUT2D eigenvalue weighted by molar-refractivity contribution is 8.00. The molecule has 18 heavy (non-hydrogen) atoms. The Balaban J connectivity index is 2.46. The fourth-order valence-electron chi connectivity index (χ4n) is 1.73. The van der Waals surface area contributed by atoms with Gasteiger partial charge in [-0.2, -0.15) is 0 Å². The summed E-state index contributed by atoms with van der Waals surface area (Å²) in [5.41, 5.74) is 0.978. The second-order valence-corrected chi connectivity index (χ2v) is 4.92. The van der Waals surface area contributed by atoms with Gasteiger partial charge in [-0.1, -0.05) is 6.07 Å². The predicted molar refractivity (Wildman–Crippen MR) is 67.2 cm³/mol. The lowest BCUT2D eigenvalue weighted by atomic mass is 10.1. The molecule has 0 aliphatic carbocycles. The number of nitrogens with zero attached hydrogens (tertiary/aromatic N) is 1. The Bertz CT molecular complexity index is 541. The monoisotopic (exact) mass is 265 g/mol. The van der Waals surface area contributed by atoms with Crippen molar-refractivity contribution in [3.05, 3.63) is 23.8 Å². The van der Waals surface area contributed by atoms with Gasteiger partial charge in [0.05, 0.1) is 11.4 Å². The van der Waals surface area contributed by atoms with Gasteiger partial charge in [0.1, 0.15) is 6.54 Å². The van der Waals surface area contributed by atoms with E-state index >= 15 is 0 Å². The van der Waals surface area contributed by atoms with E-state index in [1.54, 1.807) is 18.2 Å². The van der Waals surface area contributed by atoms with Crippen molar-refractivity contribution < 1.29 is 19.5 Å². The highest BCUT2D eigenvalue weighted by atomic mass is 32.2. The van der Waals surface area contributed by atoms with Gasteiger partial charge in [-0.25, -0.2) is 0 Å². The van der Waals surface area contributed by atoms with Crippen molar-refractivity contribution in [2.24, 2.45) is 0 Å². The molecule has 1 heterocycles. The summed E-state index contributed by atoms with van der Waals surface area (Å²) in [5, 5.41) is 8.82.